The zero-order valence-corrected chi connectivity index (χ0v) is 18.2. The van der Waals surface area contributed by atoms with Crippen LogP contribution in [-0.4, -0.2) is 44.7 Å². The number of aromatic nitrogens is 5. The quantitative estimate of drug-likeness (QED) is 0.369. The molecule has 5 aromatic rings. The van der Waals surface area contributed by atoms with Gasteiger partial charge in [0.15, 0.2) is 0 Å². The fraction of sp³-hybridized carbons (Fsp3) is 0.167. The van der Waals surface area contributed by atoms with Gasteiger partial charge in [-0.2, -0.15) is 10.2 Å². The van der Waals surface area contributed by atoms with E-state index in [0.29, 0.717) is 12.4 Å². The van der Waals surface area contributed by atoms with Crippen molar-refractivity contribution >= 4 is 33.7 Å². The number of anilines is 1. The molecule has 0 fully saturated rings. The van der Waals surface area contributed by atoms with Crippen LogP contribution in [0.3, 0.4) is 0 Å². The van der Waals surface area contributed by atoms with Crippen LogP contribution in [-0.2, 0) is 11.8 Å². The number of pyridine rings is 1. The summed E-state index contributed by atoms with van der Waals surface area (Å²) < 4.78 is 7.05. The third kappa shape index (κ3) is 4.26. The van der Waals surface area contributed by atoms with Crippen molar-refractivity contribution in [3.05, 3.63) is 72.6 Å². The predicted molar refractivity (Wildman–Crippen MR) is 127 cm³/mol. The Morgan fingerprint density at radius 3 is 2.85 bits per heavy atom. The number of aromatic amines is 1. The first-order valence-electron chi connectivity index (χ1n) is 10.5. The Bertz CT molecular complexity index is 1430. The average molecular weight is 441 g/mol. The first-order chi connectivity index (χ1) is 16.1. The molecule has 9 nitrogen and oxygen atoms in total. The van der Waals surface area contributed by atoms with Crippen LogP contribution in [0.25, 0.3) is 33.1 Å². The van der Waals surface area contributed by atoms with Gasteiger partial charge in [-0.05, 0) is 17.7 Å². The molecule has 0 spiro atoms. The molecule has 9 heteroatoms. The van der Waals surface area contributed by atoms with E-state index in [1.165, 1.54) is 0 Å². The van der Waals surface area contributed by atoms with Gasteiger partial charge in [-0.15, -0.1) is 0 Å². The Kier molecular flexibility index (Phi) is 5.45. The molecule has 3 heterocycles. The molecule has 0 saturated carbocycles. The minimum atomic E-state index is -0.366. The van der Waals surface area contributed by atoms with Gasteiger partial charge in [-0.3, -0.25) is 15.1 Å². The number of methoxy groups -OCH3 is 1. The number of nitrogens with one attached hydrogen (secondary N) is 3. The molecule has 0 bridgehead atoms. The number of hydrogen-bond acceptors (Lipinski definition) is 5. The number of benzene rings is 2. The van der Waals surface area contributed by atoms with Gasteiger partial charge in [-0.25, -0.2) is 9.78 Å². The molecule has 3 aromatic heterocycles. The number of carbonyl (C=O) groups is 1. The minimum absolute atomic E-state index is 0.277. The number of H-pyrrole nitrogens is 1. The third-order valence-electron chi connectivity index (χ3n) is 5.42. The van der Waals surface area contributed by atoms with Crippen molar-refractivity contribution in [2.24, 2.45) is 7.05 Å². The predicted octanol–water partition coefficient (Wildman–Crippen LogP) is 4.02. The van der Waals surface area contributed by atoms with Gasteiger partial charge in [0.2, 0.25) is 0 Å². The third-order valence-corrected chi connectivity index (χ3v) is 5.42. The van der Waals surface area contributed by atoms with Gasteiger partial charge in [0.05, 0.1) is 23.7 Å². The summed E-state index contributed by atoms with van der Waals surface area (Å²) in [6.07, 6.45) is 3.68. The summed E-state index contributed by atoms with van der Waals surface area (Å²) in [5.74, 6) is 0.419. The monoisotopic (exact) mass is 441 g/mol. The number of carbonyl (C=O) groups excluding carboxylic acids is 1. The fourth-order valence-corrected chi connectivity index (χ4v) is 3.88. The highest BCUT2D eigenvalue weighted by Crippen LogP contribution is 2.29. The van der Waals surface area contributed by atoms with Crippen molar-refractivity contribution in [3.63, 3.8) is 0 Å². The molecule has 33 heavy (non-hydrogen) atoms. The largest absolute Gasteiger partial charge is 0.382 e. The van der Waals surface area contributed by atoms with E-state index < -0.39 is 0 Å². The fourth-order valence-electron chi connectivity index (χ4n) is 3.88. The van der Waals surface area contributed by atoms with Crippen molar-refractivity contribution in [2.75, 3.05) is 19.0 Å². The number of rotatable bonds is 6. The van der Waals surface area contributed by atoms with E-state index in [1.807, 2.05) is 55.7 Å². The summed E-state index contributed by atoms with van der Waals surface area (Å²) >= 11 is 0. The second kappa shape index (κ2) is 8.71. The highest BCUT2D eigenvalue weighted by molar-refractivity contribution is 5.97. The number of hydrogen-bond donors (Lipinski definition) is 3. The standard InChI is InChI=1S/C24H23N7O2/c1-31-13-17-10-16(8-9-19(17)30-31)23-18-12-25-22(11-20(18)28-29-23)27-24(32)26-21(14-33-2)15-6-4-3-5-7-15/h3-13,21H,14H2,1-2H3,(H,28,29)(H2,25,26,27,32). The van der Waals surface area contributed by atoms with Crippen LogP contribution < -0.4 is 10.6 Å². The van der Waals surface area contributed by atoms with Crippen molar-refractivity contribution in [2.45, 2.75) is 6.04 Å². The molecule has 2 aromatic carbocycles. The first-order valence-corrected chi connectivity index (χ1v) is 10.5. The average Bonchev–Trinajstić information content (AvgIpc) is 3.40. The van der Waals surface area contributed by atoms with Crippen LogP contribution in [0, 0.1) is 0 Å². The van der Waals surface area contributed by atoms with E-state index in [0.717, 1.165) is 38.6 Å². The lowest BCUT2D eigenvalue weighted by Crippen LogP contribution is -2.35. The smallest absolute Gasteiger partial charge is 0.320 e. The highest BCUT2D eigenvalue weighted by Gasteiger charge is 2.16. The van der Waals surface area contributed by atoms with E-state index in [2.05, 4.69) is 37.0 Å². The zero-order chi connectivity index (χ0) is 22.8. The lowest BCUT2D eigenvalue weighted by Gasteiger charge is -2.18. The number of urea groups is 1. The molecule has 2 amide bonds. The van der Waals surface area contributed by atoms with E-state index in [4.69, 9.17) is 4.74 Å². The van der Waals surface area contributed by atoms with Gasteiger partial charge in [-0.1, -0.05) is 36.4 Å². The maximum Gasteiger partial charge on any atom is 0.320 e. The molecular weight excluding hydrogens is 418 g/mol. The van der Waals surface area contributed by atoms with Crippen LogP contribution in [0.15, 0.2) is 67.0 Å². The van der Waals surface area contributed by atoms with E-state index >= 15 is 0 Å². The Hall–Kier alpha value is -4.24. The summed E-state index contributed by atoms with van der Waals surface area (Å²) in [4.78, 5) is 17.0. The molecular formula is C24H23N7O2. The molecule has 0 radical (unpaired) electrons. The van der Waals surface area contributed by atoms with Gasteiger partial charge in [0.25, 0.3) is 0 Å². The Morgan fingerprint density at radius 1 is 1.18 bits per heavy atom. The summed E-state index contributed by atoms with van der Waals surface area (Å²) in [5.41, 5.74) is 4.43. The molecule has 0 aliphatic heterocycles. The second-order valence-corrected chi connectivity index (χ2v) is 7.78. The Morgan fingerprint density at radius 2 is 2.03 bits per heavy atom. The van der Waals surface area contributed by atoms with E-state index in [9.17, 15) is 4.79 Å². The lowest BCUT2D eigenvalue weighted by atomic mass is 10.1. The minimum Gasteiger partial charge on any atom is -0.382 e. The van der Waals surface area contributed by atoms with Crippen molar-refractivity contribution < 1.29 is 9.53 Å². The Balaban J connectivity index is 1.35. The molecule has 1 atom stereocenters. The van der Waals surface area contributed by atoms with Crippen LogP contribution in [0.4, 0.5) is 10.6 Å². The van der Waals surface area contributed by atoms with Crippen molar-refractivity contribution in [1.82, 2.24) is 30.3 Å². The second-order valence-electron chi connectivity index (χ2n) is 7.78. The first kappa shape index (κ1) is 20.7. The van der Waals surface area contributed by atoms with Gasteiger partial charge in [0.1, 0.15) is 11.5 Å². The van der Waals surface area contributed by atoms with E-state index in [-0.39, 0.29) is 12.1 Å². The molecule has 0 saturated heterocycles. The number of nitrogens with zero attached hydrogens (tertiary/aromatic N) is 4. The molecule has 3 N–H and O–H groups in total. The summed E-state index contributed by atoms with van der Waals surface area (Å²) in [6.45, 7) is 0.356. The highest BCUT2D eigenvalue weighted by atomic mass is 16.5. The normalized spacial score (nSPS) is 12.2. The number of fused-ring (bicyclic) bond motifs is 2. The van der Waals surface area contributed by atoms with Crippen LogP contribution >= 0.6 is 0 Å². The van der Waals surface area contributed by atoms with Gasteiger partial charge in [0, 0.05) is 49.0 Å². The SMILES string of the molecule is COCC(NC(=O)Nc1cc2[nH]nc(-c3ccc4nn(C)cc4c3)c2cn1)c1ccccc1. The van der Waals surface area contributed by atoms with Crippen LogP contribution in [0.2, 0.25) is 0 Å². The van der Waals surface area contributed by atoms with E-state index in [1.54, 1.807) is 24.1 Å². The lowest BCUT2D eigenvalue weighted by molar-refractivity contribution is 0.168. The van der Waals surface area contributed by atoms with Crippen LogP contribution in [0.1, 0.15) is 11.6 Å². The summed E-state index contributed by atoms with van der Waals surface area (Å²) in [7, 11) is 3.50. The zero-order valence-electron chi connectivity index (χ0n) is 18.2. The van der Waals surface area contributed by atoms with Gasteiger partial charge < -0.3 is 10.1 Å². The molecule has 0 aliphatic carbocycles. The summed E-state index contributed by atoms with van der Waals surface area (Å²) in [6, 6.07) is 16.8. The molecule has 5 rings (SSSR count). The summed E-state index contributed by atoms with van der Waals surface area (Å²) in [5, 5.41) is 19.6. The molecule has 0 aliphatic rings. The maximum absolute atomic E-state index is 12.6. The molecule has 166 valence electrons. The number of ether oxygens (including phenoxy) is 1. The van der Waals surface area contributed by atoms with Crippen LogP contribution in [0.5, 0.6) is 0 Å². The van der Waals surface area contributed by atoms with Crippen molar-refractivity contribution in [3.8, 4) is 11.3 Å². The maximum atomic E-state index is 12.6. The Labute approximate surface area is 189 Å². The van der Waals surface area contributed by atoms with Gasteiger partial charge >= 0.3 is 6.03 Å². The molecule has 1 unspecified atom stereocenters. The topological polar surface area (TPSA) is 110 Å². The van der Waals surface area contributed by atoms with Crippen molar-refractivity contribution in [1.29, 1.82) is 0 Å². The number of aryl methyl sites for hydroxylation is 1. The number of amides is 2.